The highest BCUT2D eigenvalue weighted by Crippen LogP contribution is 2.66. The normalized spacial score (nSPS) is 26.7. The number of para-hydroxylation sites is 1. The van der Waals surface area contributed by atoms with E-state index >= 15 is 0 Å². The Labute approximate surface area is 345 Å². The van der Waals surface area contributed by atoms with Gasteiger partial charge in [0, 0.05) is 50.6 Å². The summed E-state index contributed by atoms with van der Waals surface area (Å²) in [7, 11) is 0. The van der Waals surface area contributed by atoms with Crippen molar-refractivity contribution in [3.8, 4) is 0 Å². The molecule has 288 valence electrons. The van der Waals surface area contributed by atoms with Crippen LogP contribution in [0.25, 0.3) is 0 Å². The monoisotopic (exact) mass is 755 g/mol. The van der Waals surface area contributed by atoms with Crippen LogP contribution in [0.15, 0.2) is 109 Å². The van der Waals surface area contributed by atoms with Gasteiger partial charge in [-0.15, -0.1) is 0 Å². The van der Waals surface area contributed by atoms with Crippen molar-refractivity contribution in [2.75, 3.05) is 14.7 Å². The molecule has 6 aromatic rings. The van der Waals surface area contributed by atoms with Crippen LogP contribution in [0.5, 0.6) is 0 Å². The summed E-state index contributed by atoms with van der Waals surface area (Å²) in [5.74, 6) is 0. The van der Waals surface area contributed by atoms with E-state index in [1.165, 1.54) is 121 Å². The van der Waals surface area contributed by atoms with Crippen LogP contribution in [0.3, 0.4) is 0 Å². The second kappa shape index (κ2) is 11.3. The van der Waals surface area contributed by atoms with Crippen molar-refractivity contribution >= 4 is 62.9 Å². The molecule has 4 heterocycles. The molecule has 2 aliphatic carbocycles. The third kappa shape index (κ3) is 3.94. The summed E-state index contributed by atoms with van der Waals surface area (Å²) in [6, 6.07) is 43.1. The van der Waals surface area contributed by atoms with Crippen LogP contribution in [0.2, 0.25) is 0 Å². The van der Waals surface area contributed by atoms with Gasteiger partial charge in [-0.1, -0.05) is 116 Å². The molecule has 58 heavy (non-hydrogen) atoms. The van der Waals surface area contributed by atoms with E-state index in [-0.39, 0.29) is 28.6 Å². The summed E-state index contributed by atoms with van der Waals surface area (Å²) in [4.78, 5) is 8.35. The van der Waals surface area contributed by atoms with Gasteiger partial charge in [0.1, 0.15) is 0 Å². The SMILES string of the molecule is Cc1ccc(N2c3ccc(C)cc3B3c4c2cc(N2c5ccccc5C5(C)CCc6ccccc6C25C)cc4N2c4c3c(C)cc(C)c4C3(C)CCCCC23C)cc1. The van der Waals surface area contributed by atoms with Gasteiger partial charge in [0.05, 0.1) is 11.1 Å². The molecule has 1 saturated carbocycles. The van der Waals surface area contributed by atoms with Gasteiger partial charge in [-0.2, -0.15) is 0 Å². The first-order valence-corrected chi connectivity index (χ1v) is 22.0. The zero-order valence-electron chi connectivity index (χ0n) is 35.6. The molecule has 6 aromatic carbocycles. The van der Waals surface area contributed by atoms with Crippen molar-refractivity contribution < 1.29 is 0 Å². The van der Waals surface area contributed by atoms with Gasteiger partial charge < -0.3 is 14.7 Å². The van der Waals surface area contributed by atoms with Gasteiger partial charge in [-0.05, 0) is 148 Å². The Hall–Kier alpha value is -5.22. The number of anilines is 7. The van der Waals surface area contributed by atoms with Crippen molar-refractivity contribution in [1.29, 1.82) is 0 Å². The second-order valence-electron chi connectivity index (χ2n) is 19.8. The van der Waals surface area contributed by atoms with Gasteiger partial charge in [0.25, 0.3) is 6.71 Å². The minimum absolute atomic E-state index is 0.0443. The summed E-state index contributed by atoms with van der Waals surface area (Å²) >= 11 is 0. The van der Waals surface area contributed by atoms with Crippen LogP contribution in [-0.4, -0.2) is 12.3 Å². The third-order valence-corrected chi connectivity index (χ3v) is 17.0. The molecule has 6 aliphatic rings. The van der Waals surface area contributed by atoms with Gasteiger partial charge in [-0.25, -0.2) is 0 Å². The summed E-state index contributed by atoms with van der Waals surface area (Å²) in [5, 5.41) is 0. The molecule has 12 rings (SSSR count). The topological polar surface area (TPSA) is 9.72 Å². The molecule has 4 aliphatic heterocycles. The summed E-state index contributed by atoms with van der Waals surface area (Å²) in [6.45, 7) is 19.8. The van der Waals surface area contributed by atoms with E-state index in [9.17, 15) is 0 Å². The van der Waals surface area contributed by atoms with Crippen LogP contribution >= 0.6 is 0 Å². The number of nitrogens with zero attached hydrogens (tertiary/aromatic N) is 3. The van der Waals surface area contributed by atoms with E-state index in [1.54, 1.807) is 5.56 Å². The fourth-order valence-corrected chi connectivity index (χ4v) is 13.9. The Balaban J connectivity index is 1.24. The fourth-order valence-electron chi connectivity index (χ4n) is 13.9. The van der Waals surface area contributed by atoms with Crippen molar-refractivity contribution in [2.24, 2.45) is 0 Å². The van der Waals surface area contributed by atoms with Crippen molar-refractivity contribution in [1.82, 2.24) is 0 Å². The summed E-state index contributed by atoms with van der Waals surface area (Å²) in [5.41, 5.74) is 25.0. The number of hydrogen-bond acceptors (Lipinski definition) is 3. The summed E-state index contributed by atoms with van der Waals surface area (Å²) < 4.78 is 0. The maximum Gasteiger partial charge on any atom is 0.252 e. The van der Waals surface area contributed by atoms with E-state index in [0.717, 1.165) is 12.8 Å². The maximum absolute atomic E-state index is 2.93. The van der Waals surface area contributed by atoms with Crippen LogP contribution < -0.4 is 31.1 Å². The van der Waals surface area contributed by atoms with E-state index < -0.39 is 0 Å². The fraction of sp³-hybridized carbons (Fsp3) is 0.333. The third-order valence-electron chi connectivity index (χ3n) is 17.0. The smallest absolute Gasteiger partial charge is 0.252 e. The number of hydrogen-bond donors (Lipinski definition) is 0. The lowest BCUT2D eigenvalue weighted by Gasteiger charge is -2.54. The van der Waals surface area contributed by atoms with Crippen LogP contribution in [0.1, 0.15) is 104 Å². The lowest BCUT2D eigenvalue weighted by Crippen LogP contribution is -2.65. The van der Waals surface area contributed by atoms with E-state index in [1.807, 2.05) is 0 Å². The van der Waals surface area contributed by atoms with Gasteiger partial charge >= 0.3 is 0 Å². The van der Waals surface area contributed by atoms with E-state index in [2.05, 4.69) is 179 Å². The molecule has 3 nitrogen and oxygen atoms in total. The van der Waals surface area contributed by atoms with Gasteiger partial charge in [0.15, 0.2) is 0 Å². The first-order chi connectivity index (χ1) is 27.9. The molecule has 0 radical (unpaired) electrons. The van der Waals surface area contributed by atoms with Crippen LogP contribution in [0.4, 0.5) is 39.8 Å². The largest absolute Gasteiger partial charge is 0.335 e. The summed E-state index contributed by atoms with van der Waals surface area (Å²) in [6.07, 6.45) is 7.18. The van der Waals surface area contributed by atoms with Gasteiger partial charge in [0.2, 0.25) is 0 Å². The molecule has 0 bridgehead atoms. The molecule has 4 heteroatoms. The molecule has 0 spiro atoms. The molecular weight excluding hydrogens is 701 g/mol. The zero-order chi connectivity index (χ0) is 39.7. The average Bonchev–Trinajstić information content (AvgIpc) is 3.57. The standard InChI is InChI=1S/C54H54BN3/c1-33-19-22-38(23-20-33)56-44-24-21-34(2)29-42(44)55-48-36(4)30-35(3)47-50(48)58(53(7)27-14-13-26-52(47,53)6)46-32-39(31-45(56)49(46)55)57-43-18-12-11-17-41(43)51(5)28-25-37-15-9-10-16-40(37)54(51,57)8/h9-12,15-24,29-32H,13-14,25-28H2,1-8H3. The Morgan fingerprint density at radius 3 is 2.05 bits per heavy atom. The molecule has 4 unspecified atom stereocenters. The lowest BCUT2D eigenvalue weighted by molar-refractivity contribution is 0.194. The Morgan fingerprint density at radius 1 is 0.534 bits per heavy atom. The zero-order valence-corrected chi connectivity index (χ0v) is 35.6. The maximum atomic E-state index is 2.93. The quantitative estimate of drug-likeness (QED) is 0.163. The molecule has 0 saturated heterocycles. The lowest BCUT2D eigenvalue weighted by atomic mass is 9.32. The Morgan fingerprint density at radius 2 is 1.24 bits per heavy atom. The molecule has 0 aromatic heterocycles. The van der Waals surface area contributed by atoms with E-state index in [4.69, 9.17) is 0 Å². The van der Waals surface area contributed by atoms with E-state index in [0.29, 0.717) is 0 Å². The van der Waals surface area contributed by atoms with Crippen molar-refractivity contribution in [3.05, 3.63) is 154 Å². The highest BCUT2D eigenvalue weighted by atomic mass is 15.3. The number of benzene rings is 6. The van der Waals surface area contributed by atoms with Crippen molar-refractivity contribution in [3.63, 3.8) is 0 Å². The molecule has 1 fully saturated rings. The molecular formula is C54H54BN3. The minimum Gasteiger partial charge on any atom is -0.335 e. The predicted octanol–water partition coefficient (Wildman–Crippen LogP) is 11.5. The molecule has 4 atom stereocenters. The first kappa shape index (κ1) is 34.8. The molecule has 0 N–H and O–H groups in total. The number of aryl methyl sites for hydroxylation is 5. The second-order valence-corrected chi connectivity index (χ2v) is 19.8. The van der Waals surface area contributed by atoms with Crippen LogP contribution in [0, 0.1) is 27.7 Å². The minimum atomic E-state index is -0.288. The highest BCUT2D eigenvalue weighted by molar-refractivity contribution is 7.00. The number of rotatable bonds is 2. The Bertz CT molecular complexity index is 2790. The van der Waals surface area contributed by atoms with Crippen molar-refractivity contribution in [2.45, 2.75) is 116 Å². The van der Waals surface area contributed by atoms with Crippen LogP contribution in [-0.2, 0) is 22.8 Å². The number of fused-ring (bicyclic) bond motifs is 12. The van der Waals surface area contributed by atoms with Gasteiger partial charge in [-0.3, -0.25) is 0 Å². The predicted molar refractivity (Wildman–Crippen MR) is 246 cm³/mol. The first-order valence-electron chi connectivity index (χ1n) is 22.0. The highest BCUT2D eigenvalue weighted by Gasteiger charge is 2.63. The Kier molecular flexibility index (Phi) is 6.77. The molecule has 0 amide bonds. The average molecular weight is 756 g/mol.